The van der Waals surface area contributed by atoms with Gasteiger partial charge >= 0.3 is 0 Å². The minimum absolute atomic E-state index is 0.000186. The van der Waals surface area contributed by atoms with Crippen molar-refractivity contribution < 1.29 is 19.1 Å². The number of hydrogen-bond acceptors (Lipinski definition) is 9. The molecule has 10 heteroatoms. The third-order valence-corrected chi connectivity index (χ3v) is 6.84. The minimum atomic E-state index is -0.248. The largest absolute Gasteiger partial charge is 0.497 e. The monoisotopic (exact) mass is 494 g/mol. The predicted octanol–water partition coefficient (Wildman–Crippen LogP) is 4.07. The predicted molar refractivity (Wildman–Crippen MR) is 132 cm³/mol. The molecule has 0 aliphatic carbocycles. The highest BCUT2D eigenvalue weighted by Crippen LogP contribution is 2.29. The van der Waals surface area contributed by atoms with Crippen LogP contribution in [0.15, 0.2) is 59.9 Å². The zero-order valence-corrected chi connectivity index (χ0v) is 20.2. The summed E-state index contributed by atoms with van der Waals surface area (Å²) < 4.78 is 10.7. The summed E-state index contributed by atoms with van der Waals surface area (Å²) in [7, 11) is 1.61. The Morgan fingerprint density at radius 2 is 2.00 bits per heavy atom. The van der Waals surface area contributed by atoms with Crippen LogP contribution in [0.4, 0.5) is 0 Å². The lowest BCUT2D eigenvalue weighted by Crippen LogP contribution is -2.28. The minimum Gasteiger partial charge on any atom is -0.497 e. The van der Waals surface area contributed by atoms with Crippen LogP contribution < -0.4 is 14.8 Å². The summed E-state index contributed by atoms with van der Waals surface area (Å²) in [6.45, 7) is 2.06. The highest BCUT2D eigenvalue weighted by atomic mass is 32.2. The van der Waals surface area contributed by atoms with Gasteiger partial charge in [-0.1, -0.05) is 11.8 Å². The molecule has 34 heavy (non-hydrogen) atoms. The summed E-state index contributed by atoms with van der Waals surface area (Å²) in [6, 6.07) is 12.7. The average molecular weight is 495 g/mol. The maximum atomic E-state index is 12.8. The van der Waals surface area contributed by atoms with Gasteiger partial charge in [0.1, 0.15) is 22.3 Å². The molecule has 1 N–H and O–H groups in total. The lowest BCUT2D eigenvalue weighted by Gasteiger charge is -2.08. The Labute approximate surface area is 204 Å². The number of nitrogens with zero attached hydrogens (tertiary/aromatic N) is 3. The molecular weight excluding hydrogens is 472 g/mol. The third-order valence-electron chi connectivity index (χ3n) is 4.72. The van der Waals surface area contributed by atoms with E-state index in [2.05, 4.69) is 20.3 Å². The van der Waals surface area contributed by atoms with Gasteiger partial charge in [-0.2, -0.15) is 0 Å². The lowest BCUT2D eigenvalue weighted by atomic mass is 10.2. The molecule has 0 spiro atoms. The van der Waals surface area contributed by atoms with Gasteiger partial charge < -0.3 is 14.8 Å². The molecule has 0 unspecified atom stereocenters. The fraction of sp³-hybridized carbons (Fsp3) is 0.208. The number of thiophene rings is 1. The number of hydrogen-bond donors (Lipinski definition) is 1. The van der Waals surface area contributed by atoms with Crippen LogP contribution in [0.2, 0.25) is 0 Å². The molecule has 1 amide bonds. The number of methoxy groups -OCH3 is 1. The van der Waals surface area contributed by atoms with Gasteiger partial charge in [0.2, 0.25) is 0 Å². The number of rotatable bonds is 10. The van der Waals surface area contributed by atoms with Crippen LogP contribution >= 0.6 is 23.1 Å². The molecule has 3 aromatic heterocycles. The van der Waals surface area contributed by atoms with E-state index >= 15 is 0 Å². The molecule has 0 saturated heterocycles. The quantitative estimate of drug-likeness (QED) is 0.200. The number of fused-ring (bicyclic) bond motifs is 1. The van der Waals surface area contributed by atoms with Crippen molar-refractivity contribution in [3.8, 4) is 11.5 Å². The van der Waals surface area contributed by atoms with Crippen LogP contribution in [0.3, 0.4) is 0 Å². The van der Waals surface area contributed by atoms with Crippen molar-refractivity contribution in [2.75, 3.05) is 19.5 Å². The molecule has 1 aromatic carbocycles. The van der Waals surface area contributed by atoms with Crippen LogP contribution in [0.5, 0.6) is 11.5 Å². The van der Waals surface area contributed by atoms with E-state index in [9.17, 15) is 9.59 Å². The fourth-order valence-electron chi connectivity index (χ4n) is 3.07. The second-order valence-electron chi connectivity index (χ2n) is 7.19. The highest BCUT2D eigenvalue weighted by Gasteiger charge is 2.14. The van der Waals surface area contributed by atoms with Gasteiger partial charge in [-0.25, -0.2) is 9.97 Å². The number of nitrogens with one attached hydrogen (secondary N) is 1. The molecule has 0 saturated carbocycles. The average Bonchev–Trinajstić information content (AvgIpc) is 3.34. The molecule has 0 aliphatic rings. The Bertz CT molecular complexity index is 1310. The van der Waals surface area contributed by atoms with E-state index in [1.54, 1.807) is 37.7 Å². The number of amides is 1. The van der Waals surface area contributed by atoms with E-state index in [4.69, 9.17) is 9.47 Å². The summed E-state index contributed by atoms with van der Waals surface area (Å²) in [6.07, 6.45) is 3.18. The smallest absolute Gasteiger partial charge is 0.258 e. The zero-order valence-electron chi connectivity index (χ0n) is 18.6. The molecule has 8 nitrogen and oxygen atoms in total. The van der Waals surface area contributed by atoms with Gasteiger partial charge in [0.05, 0.1) is 36.0 Å². The lowest BCUT2D eigenvalue weighted by molar-refractivity contribution is -0.123. The number of Topliss-reactive ketones (excluding diaryl/α,β-unsaturated/α-hetero) is 1. The van der Waals surface area contributed by atoms with Crippen LogP contribution in [0.1, 0.15) is 20.4 Å². The number of pyridine rings is 1. The molecule has 0 bridgehead atoms. The molecule has 0 aliphatic heterocycles. The van der Waals surface area contributed by atoms with Crippen molar-refractivity contribution in [2.45, 2.75) is 18.5 Å². The van der Waals surface area contributed by atoms with Gasteiger partial charge in [0.25, 0.3) is 5.91 Å². The SMILES string of the molecule is COc1ccc2nc(C)nc(SCC(=O)c3ccc(CNC(=O)COc4cccnc4)s3)c2c1. The molecular formula is C24H22N4O4S2. The Hall–Kier alpha value is -3.50. The van der Waals surface area contributed by atoms with Gasteiger partial charge in [-0.15, -0.1) is 11.3 Å². The maximum absolute atomic E-state index is 12.8. The van der Waals surface area contributed by atoms with Crippen molar-refractivity contribution >= 4 is 45.7 Å². The van der Waals surface area contributed by atoms with Crippen LogP contribution in [-0.2, 0) is 11.3 Å². The number of aromatic nitrogens is 3. The van der Waals surface area contributed by atoms with Gasteiger partial charge in [-0.3, -0.25) is 14.6 Å². The standard InChI is InChI=1S/C24H22N4O4S2/c1-15-27-20-7-5-16(31-2)10-19(20)24(28-15)33-14-21(29)22-8-6-18(34-22)12-26-23(30)13-32-17-4-3-9-25-11-17/h3-11H,12-14H2,1-2H3,(H,26,30). The molecule has 0 fully saturated rings. The number of thioether (sulfide) groups is 1. The van der Waals surface area contributed by atoms with Crippen molar-refractivity contribution in [3.63, 3.8) is 0 Å². The highest BCUT2D eigenvalue weighted by molar-refractivity contribution is 8.00. The normalized spacial score (nSPS) is 10.8. The molecule has 3 heterocycles. The fourth-order valence-corrected chi connectivity index (χ4v) is 4.99. The van der Waals surface area contributed by atoms with Crippen molar-refractivity contribution in [3.05, 3.63) is 70.4 Å². The number of carbonyl (C=O) groups excluding carboxylic acids is 2. The number of ether oxygens (including phenoxy) is 2. The van der Waals surface area contributed by atoms with Crippen molar-refractivity contribution in [1.82, 2.24) is 20.3 Å². The number of aryl methyl sites for hydroxylation is 1. The van der Waals surface area contributed by atoms with Gasteiger partial charge in [0.15, 0.2) is 12.4 Å². The summed E-state index contributed by atoms with van der Waals surface area (Å²) >= 11 is 2.74. The van der Waals surface area contributed by atoms with E-state index in [1.165, 1.54) is 23.1 Å². The summed E-state index contributed by atoms with van der Waals surface area (Å²) in [5.41, 5.74) is 0.810. The van der Waals surface area contributed by atoms with E-state index in [1.807, 2.05) is 31.2 Å². The summed E-state index contributed by atoms with van der Waals surface area (Å²) in [5, 5.41) is 4.39. The van der Waals surface area contributed by atoms with E-state index in [0.29, 0.717) is 28.7 Å². The number of ketones is 1. The first kappa shape index (κ1) is 23.7. The van der Waals surface area contributed by atoms with E-state index < -0.39 is 0 Å². The molecule has 4 aromatic rings. The van der Waals surface area contributed by atoms with Crippen LogP contribution in [0, 0.1) is 6.92 Å². The molecule has 174 valence electrons. The Morgan fingerprint density at radius 3 is 2.79 bits per heavy atom. The Balaban J connectivity index is 1.32. The first-order chi connectivity index (χ1) is 16.5. The van der Waals surface area contributed by atoms with Crippen molar-refractivity contribution in [1.29, 1.82) is 0 Å². The van der Waals surface area contributed by atoms with Crippen LogP contribution in [0.25, 0.3) is 10.9 Å². The zero-order chi connectivity index (χ0) is 23.9. The van der Waals surface area contributed by atoms with Gasteiger partial charge in [0, 0.05) is 16.5 Å². The van der Waals surface area contributed by atoms with Gasteiger partial charge in [-0.05, 0) is 49.4 Å². The third kappa shape index (κ3) is 6.09. The van der Waals surface area contributed by atoms with Crippen LogP contribution in [-0.4, -0.2) is 46.1 Å². The molecule has 0 atom stereocenters. The molecule has 0 radical (unpaired) electrons. The molecule has 4 rings (SSSR count). The Kier molecular flexibility index (Phi) is 7.71. The maximum Gasteiger partial charge on any atom is 0.258 e. The first-order valence-corrected chi connectivity index (χ1v) is 12.2. The second kappa shape index (κ2) is 11.1. The van der Waals surface area contributed by atoms with E-state index in [-0.39, 0.29) is 24.1 Å². The number of benzene rings is 1. The summed E-state index contributed by atoms with van der Waals surface area (Å²) in [4.78, 5) is 39.2. The number of carbonyl (C=O) groups is 2. The Morgan fingerprint density at radius 1 is 1.12 bits per heavy atom. The van der Waals surface area contributed by atoms with E-state index in [0.717, 1.165) is 20.8 Å². The summed E-state index contributed by atoms with van der Waals surface area (Å²) in [5.74, 6) is 1.89. The topological polar surface area (TPSA) is 103 Å². The first-order valence-electron chi connectivity index (χ1n) is 10.4. The second-order valence-corrected chi connectivity index (χ2v) is 9.32. The van der Waals surface area contributed by atoms with Crippen molar-refractivity contribution in [2.24, 2.45) is 0 Å².